The highest BCUT2D eigenvalue weighted by Crippen LogP contribution is 2.26. The normalized spacial score (nSPS) is 17.7. The van der Waals surface area contributed by atoms with Gasteiger partial charge in [0, 0.05) is 31.2 Å². The first-order chi connectivity index (χ1) is 18.3. The minimum atomic E-state index is -4.19. The lowest BCUT2D eigenvalue weighted by Gasteiger charge is -2.43. The van der Waals surface area contributed by atoms with Gasteiger partial charge in [-0.25, -0.2) is 0 Å². The maximum atomic E-state index is 11.1. The van der Waals surface area contributed by atoms with Gasteiger partial charge < -0.3 is 19.9 Å². The largest absolute Gasteiger partial charge is 0.493 e. The van der Waals surface area contributed by atoms with Gasteiger partial charge in [-0.05, 0) is 69.0 Å². The van der Waals surface area contributed by atoms with Crippen molar-refractivity contribution >= 4 is 0 Å². The van der Waals surface area contributed by atoms with Crippen LogP contribution in [0.1, 0.15) is 50.8 Å². The van der Waals surface area contributed by atoms with Crippen molar-refractivity contribution < 1.29 is 17.9 Å². The SMILES string of the molecule is C=C(C)C(F)(F)F.C=C(NCc1ccc(OCC(C)C)cc1)N(Cc1ccc(C)cc1)C1CCN(C)CC1C. The molecular weight excluding hydrogens is 499 g/mol. The van der Waals surface area contributed by atoms with Crippen LogP contribution in [0.3, 0.4) is 0 Å². The van der Waals surface area contributed by atoms with Gasteiger partial charge in [-0.2, -0.15) is 13.2 Å². The van der Waals surface area contributed by atoms with Gasteiger partial charge in [0.2, 0.25) is 0 Å². The van der Waals surface area contributed by atoms with Gasteiger partial charge in [0.1, 0.15) is 5.75 Å². The molecular formula is C32H46F3N3O. The van der Waals surface area contributed by atoms with Gasteiger partial charge in [-0.3, -0.25) is 0 Å². The van der Waals surface area contributed by atoms with Crippen molar-refractivity contribution in [2.24, 2.45) is 11.8 Å². The van der Waals surface area contributed by atoms with Crippen LogP contribution in [0.5, 0.6) is 5.75 Å². The van der Waals surface area contributed by atoms with E-state index >= 15 is 0 Å². The van der Waals surface area contributed by atoms with Crippen molar-refractivity contribution in [1.29, 1.82) is 0 Å². The number of nitrogens with zero attached hydrogens (tertiary/aromatic N) is 2. The molecule has 1 fully saturated rings. The predicted octanol–water partition coefficient (Wildman–Crippen LogP) is 7.56. The lowest BCUT2D eigenvalue weighted by atomic mass is 9.92. The van der Waals surface area contributed by atoms with Crippen LogP contribution in [-0.2, 0) is 13.1 Å². The van der Waals surface area contributed by atoms with Crippen molar-refractivity contribution in [2.45, 2.75) is 66.3 Å². The fourth-order valence-electron chi connectivity index (χ4n) is 4.38. The molecule has 1 N–H and O–H groups in total. The number of aryl methyl sites for hydroxylation is 1. The third-order valence-electron chi connectivity index (χ3n) is 6.77. The highest BCUT2D eigenvalue weighted by atomic mass is 19.4. The van der Waals surface area contributed by atoms with E-state index in [1.807, 2.05) is 0 Å². The quantitative estimate of drug-likeness (QED) is 0.312. The van der Waals surface area contributed by atoms with E-state index in [2.05, 4.69) is 112 Å². The summed E-state index contributed by atoms with van der Waals surface area (Å²) in [5, 5.41) is 3.61. The second-order valence-electron chi connectivity index (χ2n) is 11.1. The first-order valence-electron chi connectivity index (χ1n) is 13.6. The molecule has 0 aliphatic carbocycles. The molecule has 0 aromatic heterocycles. The Morgan fingerprint density at radius 2 is 1.64 bits per heavy atom. The van der Waals surface area contributed by atoms with Crippen LogP contribution in [0, 0.1) is 18.8 Å². The zero-order valence-electron chi connectivity index (χ0n) is 24.4. The van der Waals surface area contributed by atoms with Crippen molar-refractivity contribution in [3.63, 3.8) is 0 Å². The first-order valence-corrected chi connectivity index (χ1v) is 13.6. The molecule has 3 rings (SSSR count). The minimum absolute atomic E-state index is 0.485. The van der Waals surface area contributed by atoms with Crippen LogP contribution in [0.4, 0.5) is 13.2 Å². The summed E-state index contributed by atoms with van der Waals surface area (Å²) >= 11 is 0. The van der Waals surface area contributed by atoms with Gasteiger partial charge >= 0.3 is 6.18 Å². The highest BCUT2D eigenvalue weighted by Gasteiger charge is 2.30. The van der Waals surface area contributed by atoms with Crippen LogP contribution in [0.2, 0.25) is 0 Å². The molecule has 0 bridgehead atoms. The Labute approximate surface area is 233 Å². The number of nitrogens with one attached hydrogen (secondary N) is 1. The van der Waals surface area contributed by atoms with Crippen molar-refractivity contribution in [3.8, 4) is 5.75 Å². The zero-order valence-corrected chi connectivity index (χ0v) is 24.4. The monoisotopic (exact) mass is 545 g/mol. The number of likely N-dealkylation sites (tertiary alicyclic amines) is 1. The van der Waals surface area contributed by atoms with E-state index in [1.54, 1.807) is 0 Å². The minimum Gasteiger partial charge on any atom is -0.493 e. The lowest BCUT2D eigenvalue weighted by molar-refractivity contribution is -0.0909. The van der Waals surface area contributed by atoms with Crippen LogP contribution in [0.25, 0.3) is 0 Å². The average molecular weight is 546 g/mol. The van der Waals surface area contributed by atoms with Gasteiger partial charge in [0.15, 0.2) is 0 Å². The standard InChI is InChI=1S/C28H41N3O.C4H5F3/c1-21(2)20-32-27-13-11-25(12-14-27)17-29-24(5)31(19-26-9-7-22(3)8-10-26)28-15-16-30(6)18-23(28)4;1-3(2)4(5,6)7/h7-14,21,23,28-29H,5,15-20H2,1-4,6H3;1H2,2H3. The van der Waals surface area contributed by atoms with Crippen LogP contribution < -0.4 is 10.1 Å². The third kappa shape index (κ3) is 11.4. The number of hydrogen-bond acceptors (Lipinski definition) is 4. The van der Waals surface area contributed by atoms with Gasteiger partial charge in [0.25, 0.3) is 0 Å². The molecule has 1 saturated heterocycles. The fraction of sp³-hybridized carbons (Fsp3) is 0.500. The second kappa shape index (κ2) is 15.0. The van der Waals surface area contributed by atoms with Crippen molar-refractivity contribution in [3.05, 3.63) is 89.8 Å². The number of hydrogen-bond donors (Lipinski definition) is 1. The highest BCUT2D eigenvalue weighted by molar-refractivity contribution is 5.27. The molecule has 2 atom stereocenters. The van der Waals surface area contributed by atoms with Crippen molar-refractivity contribution in [2.75, 3.05) is 26.7 Å². The maximum absolute atomic E-state index is 11.1. The molecule has 216 valence electrons. The predicted molar refractivity (Wildman–Crippen MR) is 155 cm³/mol. The first kappa shape index (κ1) is 32.3. The van der Waals surface area contributed by atoms with Crippen LogP contribution >= 0.6 is 0 Å². The number of rotatable bonds is 10. The topological polar surface area (TPSA) is 27.7 Å². The third-order valence-corrected chi connectivity index (χ3v) is 6.77. The average Bonchev–Trinajstić information content (AvgIpc) is 2.86. The Balaban J connectivity index is 0.000000673. The number of halogens is 3. The summed E-state index contributed by atoms with van der Waals surface area (Å²) in [7, 11) is 2.22. The van der Waals surface area contributed by atoms with Gasteiger partial charge in [-0.15, -0.1) is 0 Å². The van der Waals surface area contributed by atoms with E-state index in [9.17, 15) is 13.2 Å². The molecule has 7 heteroatoms. The summed E-state index contributed by atoms with van der Waals surface area (Å²) < 4.78 is 39.0. The molecule has 0 radical (unpaired) electrons. The van der Waals surface area contributed by atoms with Crippen LogP contribution in [0.15, 0.2) is 73.1 Å². The maximum Gasteiger partial charge on any atom is 0.411 e. The van der Waals surface area contributed by atoms with Gasteiger partial charge in [0.05, 0.1) is 12.4 Å². The molecule has 2 aromatic rings. The summed E-state index contributed by atoms with van der Waals surface area (Å²) in [6.45, 7) is 21.6. The Bertz CT molecular complexity index is 1030. The number of allylic oxidation sites excluding steroid dienone is 1. The molecule has 1 aliphatic heterocycles. The van der Waals surface area contributed by atoms with E-state index in [4.69, 9.17) is 4.74 Å². The number of alkyl halides is 3. The smallest absolute Gasteiger partial charge is 0.411 e. The number of benzene rings is 2. The van der Waals surface area contributed by atoms with E-state index in [0.717, 1.165) is 57.7 Å². The summed E-state index contributed by atoms with van der Waals surface area (Å²) in [4.78, 5) is 4.92. The fourth-order valence-corrected chi connectivity index (χ4v) is 4.38. The zero-order chi connectivity index (χ0) is 29.2. The Morgan fingerprint density at radius 1 is 1.08 bits per heavy atom. The summed E-state index contributed by atoms with van der Waals surface area (Å²) in [6.07, 6.45) is -3.04. The molecule has 0 spiro atoms. The summed E-state index contributed by atoms with van der Waals surface area (Å²) in [5.74, 6) is 3.06. The molecule has 39 heavy (non-hydrogen) atoms. The molecule has 1 aliphatic rings. The lowest BCUT2D eigenvalue weighted by Crippen LogP contribution is -2.50. The van der Waals surface area contributed by atoms with Crippen LogP contribution in [-0.4, -0.2) is 48.8 Å². The Morgan fingerprint density at radius 3 is 2.15 bits per heavy atom. The summed E-state index contributed by atoms with van der Waals surface area (Å²) in [5.41, 5.74) is 3.10. The second-order valence-corrected chi connectivity index (χ2v) is 11.1. The molecule has 1 heterocycles. The van der Waals surface area contributed by atoms with E-state index in [1.165, 1.54) is 16.7 Å². The Hall–Kier alpha value is -2.93. The molecule has 4 nitrogen and oxygen atoms in total. The molecule has 2 aromatic carbocycles. The summed E-state index contributed by atoms with van der Waals surface area (Å²) in [6, 6.07) is 17.8. The van der Waals surface area contributed by atoms with Crippen molar-refractivity contribution in [1.82, 2.24) is 15.1 Å². The van der Waals surface area contributed by atoms with E-state index < -0.39 is 11.7 Å². The number of piperidine rings is 1. The van der Waals surface area contributed by atoms with Gasteiger partial charge in [-0.1, -0.05) is 75.9 Å². The molecule has 0 saturated carbocycles. The Kier molecular flexibility index (Phi) is 12.4. The van der Waals surface area contributed by atoms with E-state index in [0.29, 0.717) is 17.9 Å². The molecule has 2 unspecified atom stereocenters. The van der Waals surface area contributed by atoms with E-state index in [-0.39, 0.29) is 0 Å². The molecule has 0 amide bonds. The number of ether oxygens (including phenoxy) is 1.